The highest BCUT2D eigenvalue weighted by Crippen LogP contribution is 2.05. The Labute approximate surface area is 84.1 Å². The third-order valence-corrected chi connectivity index (χ3v) is 1.97. The summed E-state index contributed by atoms with van der Waals surface area (Å²) in [6.07, 6.45) is 0.306. The van der Waals surface area contributed by atoms with Gasteiger partial charge in [-0.3, -0.25) is 4.79 Å². The van der Waals surface area contributed by atoms with Crippen molar-refractivity contribution in [2.75, 3.05) is 20.6 Å². The van der Waals surface area contributed by atoms with Gasteiger partial charge in [-0.05, 0) is 0 Å². The fourth-order valence-electron chi connectivity index (χ4n) is 1.14. The standard InChI is InChI=1S/C11H15NO2/c1-12(2,14)9-8-11(13)10-6-4-3-5-7-10/h3-7H,8-9H2,1-2H3. The number of rotatable bonds is 4. The molecule has 1 aromatic carbocycles. The maximum atomic E-state index is 11.5. The maximum absolute atomic E-state index is 11.5. The summed E-state index contributed by atoms with van der Waals surface area (Å²) in [6.45, 7) is 0.327. The van der Waals surface area contributed by atoms with Crippen molar-refractivity contribution in [3.63, 3.8) is 0 Å². The molecular formula is C11H15NO2. The average molecular weight is 193 g/mol. The molecule has 14 heavy (non-hydrogen) atoms. The van der Waals surface area contributed by atoms with Crippen LogP contribution < -0.4 is 0 Å². The van der Waals surface area contributed by atoms with Gasteiger partial charge in [-0.25, -0.2) is 0 Å². The lowest BCUT2D eigenvalue weighted by molar-refractivity contribution is -0.839. The molecule has 0 radical (unpaired) electrons. The second kappa shape index (κ2) is 4.35. The molecule has 0 amide bonds. The smallest absolute Gasteiger partial charge is 0.168 e. The van der Waals surface area contributed by atoms with Crippen LogP contribution in [0.5, 0.6) is 0 Å². The fraction of sp³-hybridized carbons (Fsp3) is 0.364. The highest BCUT2D eigenvalue weighted by molar-refractivity contribution is 5.96. The zero-order valence-electron chi connectivity index (χ0n) is 8.56. The normalized spacial score (nSPS) is 11.4. The van der Waals surface area contributed by atoms with Gasteiger partial charge >= 0.3 is 0 Å². The highest BCUT2D eigenvalue weighted by atomic mass is 16.5. The van der Waals surface area contributed by atoms with Crippen LogP contribution >= 0.6 is 0 Å². The molecule has 0 bridgehead atoms. The molecule has 76 valence electrons. The predicted molar refractivity (Wildman–Crippen MR) is 55.7 cm³/mol. The summed E-state index contributed by atoms with van der Waals surface area (Å²) < 4.78 is -0.418. The van der Waals surface area contributed by atoms with Crippen LogP contribution in [-0.2, 0) is 0 Å². The van der Waals surface area contributed by atoms with Gasteiger partial charge in [-0.1, -0.05) is 30.3 Å². The van der Waals surface area contributed by atoms with Crippen LogP contribution in [0.4, 0.5) is 0 Å². The van der Waals surface area contributed by atoms with Gasteiger partial charge in [0.25, 0.3) is 0 Å². The van der Waals surface area contributed by atoms with Crippen LogP contribution in [-0.4, -0.2) is 31.1 Å². The first-order chi connectivity index (χ1) is 6.49. The van der Waals surface area contributed by atoms with Crippen molar-refractivity contribution in [1.29, 1.82) is 0 Å². The van der Waals surface area contributed by atoms with Crippen LogP contribution in [0, 0.1) is 5.21 Å². The molecule has 0 atom stereocenters. The molecule has 3 nitrogen and oxygen atoms in total. The SMILES string of the molecule is C[N+](C)([O-])CCC(=O)c1ccccc1. The van der Waals surface area contributed by atoms with Gasteiger partial charge in [0, 0.05) is 5.56 Å². The van der Waals surface area contributed by atoms with E-state index in [0.29, 0.717) is 18.5 Å². The minimum atomic E-state index is -0.418. The number of ketones is 1. The van der Waals surface area contributed by atoms with Crippen molar-refractivity contribution in [1.82, 2.24) is 0 Å². The maximum Gasteiger partial charge on any atom is 0.168 e. The molecular weight excluding hydrogens is 178 g/mol. The van der Waals surface area contributed by atoms with Crippen molar-refractivity contribution >= 4 is 5.78 Å². The largest absolute Gasteiger partial charge is 0.633 e. The summed E-state index contributed by atoms with van der Waals surface area (Å²) >= 11 is 0. The molecule has 0 aliphatic carbocycles. The van der Waals surface area contributed by atoms with E-state index < -0.39 is 4.65 Å². The van der Waals surface area contributed by atoms with Crippen molar-refractivity contribution in [3.05, 3.63) is 41.1 Å². The minimum absolute atomic E-state index is 0.0349. The molecule has 0 saturated heterocycles. The predicted octanol–water partition coefficient (Wildman–Crippen LogP) is 1.83. The van der Waals surface area contributed by atoms with E-state index in [-0.39, 0.29) is 5.78 Å². The summed E-state index contributed by atoms with van der Waals surface area (Å²) in [5.74, 6) is 0.0349. The second-order valence-electron chi connectivity index (χ2n) is 3.84. The number of hydrogen-bond acceptors (Lipinski definition) is 2. The number of quaternary nitrogens is 1. The molecule has 1 aromatic rings. The topological polar surface area (TPSA) is 40.1 Å². The van der Waals surface area contributed by atoms with E-state index in [1.54, 1.807) is 12.1 Å². The van der Waals surface area contributed by atoms with Gasteiger partial charge in [-0.2, -0.15) is 0 Å². The van der Waals surface area contributed by atoms with Crippen LogP contribution in [0.15, 0.2) is 30.3 Å². The molecule has 3 heteroatoms. The third kappa shape index (κ3) is 3.68. The van der Waals surface area contributed by atoms with E-state index in [0.717, 1.165) is 0 Å². The molecule has 0 aliphatic rings. The molecule has 0 saturated carbocycles. The van der Waals surface area contributed by atoms with Gasteiger partial charge < -0.3 is 9.85 Å². The highest BCUT2D eigenvalue weighted by Gasteiger charge is 2.09. The van der Waals surface area contributed by atoms with Gasteiger partial charge in [-0.15, -0.1) is 0 Å². The quantitative estimate of drug-likeness (QED) is 0.416. The molecule has 0 aromatic heterocycles. The summed E-state index contributed by atoms with van der Waals surface area (Å²) in [5, 5.41) is 11.2. The Hall–Kier alpha value is -1.19. The first-order valence-corrected chi connectivity index (χ1v) is 4.61. The van der Waals surface area contributed by atoms with Gasteiger partial charge in [0.05, 0.1) is 27.1 Å². The molecule has 0 heterocycles. The zero-order chi connectivity index (χ0) is 10.6. The monoisotopic (exact) mass is 193 g/mol. The Morgan fingerprint density at radius 2 is 1.86 bits per heavy atom. The lowest BCUT2D eigenvalue weighted by Gasteiger charge is -2.33. The van der Waals surface area contributed by atoms with Gasteiger partial charge in [0.15, 0.2) is 5.78 Å². The Balaban J connectivity index is 2.52. The van der Waals surface area contributed by atoms with E-state index in [9.17, 15) is 10.0 Å². The van der Waals surface area contributed by atoms with E-state index in [4.69, 9.17) is 0 Å². The number of carbonyl (C=O) groups is 1. The van der Waals surface area contributed by atoms with Crippen molar-refractivity contribution < 1.29 is 9.44 Å². The number of Topliss-reactive ketones (excluding diaryl/α,β-unsaturated/α-hetero) is 1. The number of hydroxylamine groups is 3. The Morgan fingerprint density at radius 3 is 2.36 bits per heavy atom. The van der Waals surface area contributed by atoms with Crippen molar-refractivity contribution in [2.45, 2.75) is 6.42 Å². The third-order valence-electron chi connectivity index (χ3n) is 1.97. The lowest BCUT2D eigenvalue weighted by atomic mass is 10.1. The molecule has 0 unspecified atom stereocenters. The summed E-state index contributed by atoms with van der Waals surface area (Å²) in [4.78, 5) is 11.5. The van der Waals surface area contributed by atoms with Crippen LogP contribution in [0.25, 0.3) is 0 Å². The lowest BCUT2D eigenvalue weighted by Crippen LogP contribution is -2.34. The Bertz CT molecular complexity index is 301. The first-order valence-electron chi connectivity index (χ1n) is 4.61. The Morgan fingerprint density at radius 1 is 1.29 bits per heavy atom. The van der Waals surface area contributed by atoms with Crippen LogP contribution in [0.2, 0.25) is 0 Å². The fourth-order valence-corrected chi connectivity index (χ4v) is 1.14. The first kappa shape index (κ1) is 10.9. The van der Waals surface area contributed by atoms with Crippen molar-refractivity contribution in [2.24, 2.45) is 0 Å². The van der Waals surface area contributed by atoms with Crippen LogP contribution in [0.1, 0.15) is 16.8 Å². The van der Waals surface area contributed by atoms with E-state index in [2.05, 4.69) is 0 Å². The molecule has 0 aliphatic heterocycles. The zero-order valence-corrected chi connectivity index (χ0v) is 8.56. The minimum Gasteiger partial charge on any atom is -0.633 e. The summed E-state index contributed by atoms with van der Waals surface area (Å²) in [6, 6.07) is 9.06. The molecule has 0 fully saturated rings. The number of carbonyl (C=O) groups excluding carboxylic acids is 1. The molecule has 1 rings (SSSR count). The summed E-state index contributed by atoms with van der Waals surface area (Å²) in [7, 11) is 3.08. The Kier molecular flexibility index (Phi) is 3.38. The molecule has 0 spiro atoms. The summed E-state index contributed by atoms with van der Waals surface area (Å²) in [5.41, 5.74) is 0.681. The van der Waals surface area contributed by atoms with E-state index in [1.807, 2.05) is 18.2 Å². The molecule has 0 N–H and O–H groups in total. The number of hydrogen-bond donors (Lipinski definition) is 0. The van der Waals surface area contributed by atoms with E-state index in [1.165, 1.54) is 14.1 Å². The van der Waals surface area contributed by atoms with Crippen molar-refractivity contribution in [3.8, 4) is 0 Å². The van der Waals surface area contributed by atoms with E-state index >= 15 is 0 Å². The number of nitrogens with zero attached hydrogens (tertiary/aromatic N) is 1. The van der Waals surface area contributed by atoms with Gasteiger partial charge in [0.2, 0.25) is 0 Å². The van der Waals surface area contributed by atoms with Crippen LogP contribution in [0.3, 0.4) is 0 Å². The number of benzene rings is 1. The average Bonchev–Trinajstić information content (AvgIpc) is 2.14. The van der Waals surface area contributed by atoms with Gasteiger partial charge in [0.1, 0.15) is 0 Å². The second-order valence-corrected chi connectivity index (χ2v) is 3.84.